The van der Waals surface area contributed by atoms with Gasteiger partial charge in [0.1, 0.15) is 17.0 Å². The van der Waals surface area contributed by atoms with Crippen molar-refractivity contribution in [2.75, 3.05) is 13.1 Å². The van der Waals surface area contributed by atoms with Crippen molar-refractivity contribution in [2.24, 2.45) is 0 Å². The standard InChI is InChI=1S/C21H18N6O/c1-13-25-18-11-24-20-17(6-8-23-20)19(18)27(13)16-7-9-26(12-16)21(28)15-4-2-14(10-22)3-5-15/h2-6,8,11,16H,7,9,12H2,1H3,(H,23,24). The van der Waals surface area contributed by atoms with E-state index in [4.69, 9.17) is 5.26 Å². The van der Waals surface area contributed by atoms with E-state index in [0.29, 0.717) is 24.2 Å². The van der Waals surface area contributed by atoms with E-state index in [1.54, 1.807) is 30.5 Å². The molecule has 138 valence electrons. The largest absolute Gasteiger partial charge is 0.346 e. The summed E-state index contributed by atoms with van der Waals surface area (Å²) in [5.74, 6) is 0.936. The summed E-state index contributed by atoms with van der Waals surface area (Å²) in [6.07, 6.45) is 4.56. The van der Waals surface area contributed by atoms with Gasteiger partial charge < -0.3 is 14.5 Å². The van der Waals surface area contributed by atoms with Crippen molar-refractivity contribution in [3.8, 4) is 6.07 Å². The van der Waals surface area contributed by atoms with Crippen molar-refractivity contribution in [2.45, 2.75) is 19.4 Å². The number of aromatic amines is 1. The van der Waals surface area contributed by atoms with E-state index in [1.807, 2.05) is 24.1 Å². The third kappa shape index (κ3) is 2.46. The minimum atomic E-state index is 0.00233. The molecule has 0 spiro atoms. The number of amides is 1. The number of likely N-dealkylation sites (tertiary alicyclic amines) is 1. The zero-order valence-corrected chi connectivity index (χ0v) is 15.4. The number of nitriles is 1. The average Bonchev–Trinajstić information content (AvgIpc) is 3.44. The lowest BCUT2D eigenvalue weighted by molar-refractivity contribution is 0.0788. The van der Waals surface area contributed by atoms with Crippen LogP contribution in [-0.4, -0.2) is 43.4 Å². The molecule has 1 fully saturated rings. The Labute approximate surface area is 161 Å². The van der Waals surface area contributed by atoms with E-state index in [2.05, 4.69) is 25.6 Å². The van der Waals surface area contributed by atoms with Crippen LogP contribution in [0.5, 0.6) is 0 Å². The fraction of sp³-hybridized carbons (Fsp3) is 0.238. The zero-order valence-electron chi connectivity index (χ0n) is 15.4. The molecule has 7 heteroatoms. The van der Waals surface area contributed by atoms with Gasteiger partial charge in [0.2, 0.25) is 0 Å². The average molecular weight is 370 g/mol. The molecular formula is C21H18N6O. The number of benzene rings is 1. The van der Waals surface area contributed by atoms with Crippen molar-refractivity contribution in [1.82, 2.24) is 24.4 Å². The van der Waals surface area contributed by atoms with Crippen molar-refractivity contribution < 1.29 is 4.79 Å². The summed E-state index contributed by atoms with van der Waals surface area (Å²) in [4.78, 5) is 27.0. The van der Waals surface area contributed by atoms with Gasteiger partial charge in [-0.15, -0.1) is 0 Å². The zero-order chi connectivity index (χ0) is 19.3. The lowest BCUT2D eigenvalue weighted by Crippen LogP contribution is -2.29. The van der Waals surface area contributed by atoms with Gasteiger partial charge >= 0.3 is 0 Å². The molecule has 1 saturated heterocycles. The van der Waals surface area contributed by atoms with Crippen LogP contribution < -0.4 is 0 Å². The first kappa shape index (κ1) is 16.5. The number of aromatic nitrogens is 4. The highest BCUT2D eigenvalue weighted by atomic mass is 16.2. The maximum Gasteiger partial charge on any atom is 0.253 e. The highest BCUT2D eigenvalue weighted by molar-refractivity contribution is 6.01. The number of pyridine rings is 1. The van der Waals surface area contributed by atoms with E-state index >= 15 is 0 Å². The maximum absolute atomic E-state index is 12.9. The number of carbonyl (C=O) groups excluding carboxylic acids is 1. The monoisotopic (exact) mass is 370 g/mol. The van der Waals surface area contributed by atoms with Crippen molar-refractivity contribution in [3.05, 3.63) is 59.7 Å². The van der Waals surface area contributed by atoms with Crippen LogP contribution in [0.1, 0.15) is 34.2 Å². The molecule has 1 unspecified atom stereocenters. The number of H-pyrrole nitrogens is 1. The summed E-state index contributed by atoms with van der Waals surface area (Å²) in [7, 11) is 0. The number of carbonyl (C=O) groups is 1. The summed E-state index contributed by atoms with van der Waals surface area (Å²) >= 11 is 0. The SMILES string of the molecule is Cc1nc2cnc3[nH]ccc3c2n1C1CCN(C(=O)c2ccc(C#N)cc2)C1. The number of imidazole rings is 1. The first-order valence-electron chi connectivity index (χ1n) is 9.26. The second kappa shape index (κ2) is 6.20. The predicted molar refractivity (Wildman–Crippen MR) is 105 cm³/mol. The van der Waals surface area contributed by atoms with Crippen LogP contribution in [-0.2, 0) is 0 Å². The molecule has 5 rings (SSSR count). The Balaban J connectivity index is 1.47. The highest BCUT2D eigenvalue weighted by Gasteiger charge is 2.30. The van der Waals surface area contributed by atoms with Crippen molar-refractivity contribution in [1.29, 1.82) is 5.26 Å². The highest BCUT2D eigenvalue weighted by Crippen LogP contribution is 2.32. The third-order valence-electron chi connectivity index (χ3n) is 5.49. The number of rotatable bonds is 2. The van der Waals surface area contributed by atoms with Gasteiger partial charge in [0.25, 0.3) is 5.91 Å². The predicted octanol–water partition coefficient (Wildman–Crippen LogP) is 3.18. The second-order valence-corrected chi connectivity index (χ2v) is 7.14. The summed E-state index contributed by atoms with van der Waals surface area (Å²) in [6.45, 7) is 3.34. The smallest absolute Gasteiger partial charge is 0.253 e. The molecule has 0 aliphatic carbocycles. The number of hydrogen-bond acceptors (Lipinski definition) is 4. The van der Waals surface area contributed by atoms with Gasteiger partial charge in [-0.2, -0.15) is 5.26 Å². The molecule has 7 nitrogen and oxygen atoms in total. The fourth-order valence-corrected chi connectivity index (χ4v) is 4.16. The molecule has 28 heavy (non-hydrogen) atoms. The Hall–Kier alpha value is -3.66. The molecule has 0 bridgehead atoms. The van der Waals surface area contributed by atoms with E-state index in [0.717, 1.165) is 34.3 Å². The Morgan fingerprint density at radius 1 is 1.29 bits per heavy atom. The van der Waals surface area contributed by atoms with Gasteiger partial charge in [-0.25, -0.2) is 9.97 Å². The molecule has 3 aromatic heterocycles. The third-order valence-corrected chi connectivity index (χ3v) is 5.49. The molecule has 4 heterocycles. The van der Waals surface area contributed by atoms with Gasteiger partial charge in [-0.1, -0.05) is 0 Å². The van der Waals surface area contributed by atoms with E-state index in [1.165, 1.54) is 0 Å². The van der Waals surface area contributed by atoms with Crippen LogP contribution in [0.25, 0.3) is 22.1 Å². The lowest BCUT2D eigenvalue weighted by Gasteiger charge is -2.19. The number of hydrogen-bond donors (Lipinski definition) is 1. The summed E-state index contributed by atoms with van der Waals surface area (Å²) in [6, 6.07) is 11.1. The Bertz CT molecular complexity index is 1240. The van der Waals surface area contributed by atoms with Gasteiger partial charge in [-0.3, -0.25) is 4.79 Å². The minimum absolute atomic E-state index is 0.00233. The van der Waals surface area contributed by atoms with E-state index < -0.39 is 0 Å². The molecule has 1 atom stereocenters. The molecule has 1 aliphatic rings. The van der Waals surface area contributed by atoms with Gasteiger partial charge in [0.15, 0.2) is 0 Å². The maximum atomic E-state index is 12.9. The van der Waals surface area contributed by atoms with Crippen LogP contribution in [0.15, 0.2) is 42.7 Å². The second-order valence-electron chi connectivity index (χ2n) is 7.14. The van der Waals surface area contributed by atoms with Crippen LogP contribution in [0, 0.1) is 18.3 Å². The molecule has 1 amide bonds. The molecule has 0 saturated carbocycles. The number of aryl methyl sites for hydroxylation is 1. The fourth-order valence-electron chi connectivity index (χ4n) is 4.16. The van der Waals surface area contributed by atoms with E-state index in [-0.39, 0.29) is 11.9 Å². The quantitative estimate of drug-likeness (QED) is 0.587. The number of nitrogens with zero attached hydrogens (tertiary/aromatic N) is 5. The van der Waals surface area contributed by atoms with E-state index in [9.17, 15) is 4.79 Å². The van der Waals surface area contributed by atoms with Gasteiger partial charge in [0, 0.05) is 30.2 Å². The lowest BCUT2D eigenvalue weighted by atomic mass is 10.1. The van der Waals surface area contributed by atoms with Gasteiger partial charge in [-0.05, 0) is 43.7 Å². The first-order chi connectivity index (χ1) is 13.7. The van der Waals surface area contributed by atoms with Crippen LogP contribution in [0.4, 0.5) is 0 Å². The molecule has 1 aromatic carbocycles. The molecule has 0 radical (unpaired) electrons. The van der Waals surface area contributed by atoms with Gasteiger partial charge in [0.05, 0.1) is 29.4 Å². The normalized spacial score (nSPS) is 16.7. The topological polar surface area (TPSA) is 90.6 Å². The van der Waals surface area contributed by atoms with Crippen LogP contribution in [0.3, 0.4) is 0 Å². The summed E-state index contributed by atoms with van der Waals surface area (Å²) in [5, 5.41) is 9.98. The number of fused-ring (bicyclic) bond motifs is 3. The molecule has 1 aliphatic heterocycles. The van der Waals surface area contributed by atoms with Crippen LogP contribution in [0.2, 0.25) is 0 Å². The van der Waals surface area contributed by atoms with Crippen molar-refractivity contribution in [3.63, 3.8) is 0 Å². The molecule has 1 N–H and O–H groups in total. The summed E-state index contributed by atoms with van der Waals surface area (Å²) in [5.41, 5.74) is 3.96. The number of nitrogens with one attached hydrogen (secondary N) is 1. The Morgan fingerprint density at radius 2 is 2.11 bits per heavy atom. The molecule has 4 aromatic rings. The Kier molecular flexibility index (Phi) is 3.66. The summed E-state index contributed by atoms with van der Waals surface area (Å²) < 4.78 is 2.25. The first-order valence-corrected chi connectivity index (χ1v) is 9.26. The minimum Gasteiger partial charge on any atom is -0.346 e. The molecular weight excluding hydrogens is 352 g/mol. The van der Waals surface area contributed by atoms with Crippen LogP contribution >= 0.6 is 0 Å². The Morgan fingerprint density at radius 3 is 2.89 bits per heavy atom. The van der Waals surface area contributed by atoms with Crippen molar-refractivity contribution >= 4 is 28.0 Å².